The maximum Gasteiger partial charge on any atom is 0.306 e. The average molecular weight is 268 g/mol. The maximum absolute atomic E-state index is 11.3. The van der Waals surface area contributed by atoms with Crippen LogP contribution in [-0.2, 0) is 23.0 Å². The van der Waals surface area contributed by atoms with Crippen LogP contribution in [0, 0.1) is 5.41 Å². The fourth-order valence-corrected chi connectivity index (χ4v) is 3.36. The van der Waals surface area contributed by atoms with Gasteiger partial charge in [0.2, 0.25) is 0 Å². The van der Waals surface area contributed by atoms with Gasteiger partial charge >= 0.3 is 5.97 Å². The molecule has 0 bridgehead atoms. The molecule has 0 aromatic carbocycles. The van der Waals surface area contributed by atoms with E-state index in [9.17, 15) is 4.79 Å². The van der Waals surface area contributed by atoms with Gasteiger partial charge in [-0.05, 0) is 42.2 Å². The molecule has 1 aliphatic carbocycles. The second-order valence-corrected chi connectivity index (χ2v) is 6.11. The minimum atomic E-state index is -0.0697. The van der Waals surface area contributed by atoms with E-state index in [4.69, 9.17) is 4.74 Å². The van der Waals surface area contributed by atoms with Gasteiger partial charge in [-0.1, -0.05) is 0 Å². The van der Waals surface area contributed by atoms with E-state index >= 15 is 0 Å². The Labute approximate surface area is 112 Å². The van der Waals surface area contributed by atoms with Gasteiger partial charge in [0.15, 0.2) is 0 Å². The molecule has 1 aliphatic rings. The molecule has 0 amide bonds. The third-order valence-corrected chi connectivity index (χ3v) is 4.85. The molecule has 0 radical (unpaired) electrons. The first-order valence-electron chi connectivity index (χ1n) is 6.27. The Morgan fingerprint density at radius 3 is 2.94 bits per heavy atom. The number of carbonyl (C=O) groups is 1. The molecule has 100 valence electrons. The number of methoxy groups -OCH3 is 1. The number of thioether (sulfide) groups is 1. The summed E-state index contributed by atoms with van der Waals surface area (Å²) in [5.41, 5.74) is 1.50. The summed E-state index contributed by atoms with van der Waals surface area (Å²) in [7, 11) is 3.44. The molecule has 1 aromatic heterocycles. The van der Waals surface area contributed by atoms with E-state index in [1.54, 1.807) is 0 Å². The zero-order chi connectivity index (χ0) is 13.0. The van der Waals surface area contributed by atoms with Crippen molar-refractivity contribution in [3.05, 3.63) is 18.0 Å². The summed E-state index contributed by atoms with van der Waals surface area (Å²) in [5, 5.41) is 4.15. The van der Waals surface area contributed by atoms with Crippen LogP contribution >= 0.6 is 11.8 Å². The van der Waals surface area contributed by atoms with Gasteiger partial charge in [0, 0.05) is 18.9 Å². The molecule has 4 nitrogen and oxygen atoms in total. The van der Waals surface area contributed by atoms with Gasteiger partial charge in [0.1, 0.15) is 0 Å². The Morgan fingerprint density at radius 2 is 2.39 bits per heavy atom. The Balaban J connectivity index is 1.67. The standard InChI is InChI=1S/C13H20N2O2S/c1-15-11(3-7-14-15)4-8-18-10-13(5-6-13)9-12(16)17-2/h3,7H,4-6,8-10H2,1-2H3. The van der Waals surface area contributed by atoms with Crippen LogP contribution in [0.3, 0.4) is 0 Å². The minimum Gasteiger partial charge on any atom is -0.469 e. The Morgan fingerprint density at radius 1 is 1.61 bits per heavy atom. The number of hydrogen-bond acceptors (Lipinski definition) is 4. The number of esters is 1. The molecule has 0 aliphatic heterocycles. The van der Waals surface area contributed by atoms with Gasteiger partial charge in [-0.15, -0.1) is 0 Å². The van der Waals surface area contributed by atoms with Gasteiger partial charge in [0.05, 0.1) is 13.5 Å². The van der Waals surface area contributed by atoms with Crippen molar-refractivity contribution in [2.45, 2.75) is 25.7 Å². The third-order valence-electron chi connectivity index (χ3n) is 3.54. The lowest BCUT2D eigenvalue weighted by atomic mass is 10.1. The van der Waals surface area contributed by atoms with Crippen molar-refractivity contribution in [1.82, 2.24) is 9.78 Å². The van der Waals surface area contributed by atoms with E-state index in [2.05, 4.69) is 11.2 Å². The van der Waals surface area contributed by atoms with Crippen LogP contribution in [0.2, 0.25) is 0 Å². The summed E-state index contributed by atoms with van der Waals surface area (Å²) in [6, 6.07) is 2.06. The number of carbonyl (C=O) groups excluding carboxylic acids is 1. The molecule has 0 N–H and O–H groups in total. The van der Waals surface area contributed by atoms with Crippen LogP contribution in [-0.4, -0.2) is 34.4 Å². The van der Waals surface area contributed by atoms with Crippen LogP contribution in [0.15, 0.2) is 12.3 Å². The SMILES string of the molecule is COC(=O)CC1(CSCCc2ccnn2C)CC1. The Bertz CT molecular complexity index is 413. The Kier molecular flexibility index (Phi) is 4.32. The van der Waals surface area contributed by atoms with Gasteiger partial charge in [-0.25, -0.2) is 0 Å². The molecule has 0 atom stereocenters. The molecule has 0 saturated heterocycles. The topological polar surface area (TPSA) is 44.1 Å². The van der Waals surface area contributed by atoms with Crippen LogP contribution < -0.4 is 0 Å². The van der Waals surface area contributed by atoms with E-state index in [-0.39, 0.29) is 11.4 Å². The highest BCUT2D eigenvalue weighted by atomic mass is 32.2. The summed E-state index contributed by atoms with van der Waals surface area (Å²) >= 11 is 1.93. The van der Waals surface area contributed by atoms with Crippen molar-refractivity contribution in [1.29, 1.82) is 0 Å². The van der Waals surface area contributed by atoms with Crippen molar-refractivity contribution < 1.29 is 9.53 Å². The lowest BCUT2D eigenvalue weighted by Gasteiger charge is -2.12. The molecule has 0 unspecified atom stereocenters. The number of rotatable bonds is 7. The average Bonchev–Trinajstić information content (AvgIpc) is 3.00. The predicted molar refractivity (Wildman–Crippen MR) is 72.5 cm³/mol. The summed E-state index contributed by atoms with van der Waals surface area (Å²) in [5.74, 6) is 2.09. The smallest absolute Gasteiger partial charge is 0.306 e. The van der Waals surface area contributed by atoms with Crippen LogP contribution in [0.5, 0.6) is 0 Å². The third kappa shape index (κ3) is 3.51. The molecule has 0 spiro atoms. The highest BCUT2D eigenvalue weighted by Crippen LogP contribution is 2.51. The molecule has 2 rings (SSSR count). The molecule has 1 saturated carbocycles. The first kappa shape index (κ1) is 13.5. The molecular formula is C13H20N2O2S. The number of aromatic nitrogens is 2. The lowest BCUT2D eigenvalue weighted by Crippen LogP contribution is -2.13. The molecule has 1 heterocycles. The summed E-state index contributed by atoms with van der Waals surface area (Å²) < 4.78 is 6.67. The number of nitrogens with zero attached hydrogens (tertiary/aromatic N) is 2. The van der Waals surface area contributed by atoms with Crippen molar-refractivity contribution >= 4 is 17.7 Å². The van der Waals surface area contributed by atoms with Crippen LogP contribution in [0.4, 0.5) is 0 Å². The first-order chi connectivity index (χ1) is 8.65. The normalized spacial score (nSPS) is 16.6. The van der Waals surface area contributed by atoms with Crippen LogP contribution in [0.25, 0.3) is 0 Å². The Hall–Kier alpha value is -0.970. The fourth-order valence-electron chi connectivity index (χ4n) is 2.04. The van der Waals surface area contributed by atoms with Gasteiger partial charge in [0.25, 0.3) is 0 Å². The fraction of sp³-hybridized carbons (Fsp3) is 0.692. The second kappa shape index (κ2) is 5.78. The quantitative estimate of drug-likeness (QED) is 0.561. The predicted octanol–water partition coefficient (Wildman–Crippen LogP) is 2.04. The van der Waals surface area contributed by atoms with Gasteiger partial charge in [-0.3, -0.25) is 9.48 Å². The van der Waals surface area contributed by atoms with Crippen molar-refractivity contribution in [2.24, 2.45) is 12.5 Å². The van der Waals surface area contributed by atoms with E-state index in [0.29, 0.717) is 6.42 Å². The van der Waals surface area contributed by atoms with E-state index < -0.39 is 0 Å². The monoisotopic (exact) mass is 268 g/mol. The number of hydrogen-bond donors (Lipinski definition) is 0. The van der Waals surface area contributed by atoms with Gasteiger partial charge in [-0.2, -0.15) is 16.9 Å². The number of ether oxygens (including phenoxy) is 1. The van der Waals surface area contributed by atoms with E-state index in [1.165, 1.54) is 25.6 Å². The summed E-state index contributed by atoms with van der Waals surface area (Å²) in [4.78, 5) is 11.3. The lowest BCUT2D eigenvalue weighted by molar-refractivity contribution is -0.141. The number of aryl methyl sites for hydroxylation is 2. The van der Waals surface area contributed by atoms with Gasteiger partial charge < -0.3 is 4.74 Å². The van der Waals surface area contributed by atoms with E-state index in [1.807, 2.05) is 29.7 Å². The molecule has 1 aromatic rings. The van der Waals surface area contributed by atoms with Crippen LogP contribution in [0.1, 0.15) is 25.0 Å². The highest BCUT2D eigenvalue weighted by Gasteiger charge is 2.44. The summed E-state index contributed by atoms with van der Waals surface area (Å²) in [6.45, 7) is 0. The van der Waals surface area contributed by atoms with Crippen molar-refractivity contribution in [2.75, 3.05) is 18.6 Å². The summed E-state index contributed by atoms with van der Waals surface area (Å²) in [6.07, 6.45) is 5.79. The first-order valence-corrected chi connectivity index (χ1v) is 7.42. The van der Waals surface area contributed by atoms with Crippen molar-refractivity contribution in [3.63, 3.8) is 0 Å². The molecular weight excluding hydrogens is 248 g/mol. The van der Waals surface area contributed by atoms with Crippen molar-refractivity contribution in [3.8, 4) is 0 Å². The maximum atomic E-state index is 11.3. The molecule has 5 heteroatoms. The zero-order valence-electron chi connectivity index (χ0n) is 11.0. The van der Waals surface area contributed by atoms with E-state index in [0.717, 1.165) is 17.9 Å². The zero-order valence-corrected chi connectivity index (χ0v) is 11.8. The largest absolute Gasteiger partial charge is 0.469 e. The highest BCUT2D eigenvalue weighted by molar-refractivity contribution is 7.99. The molecule has 1 fully saturated rings. The molecule has 18 heavy (non-hydrogen) atoms. The second-order valence-electron chi connectivity index (χ2n) is 5.00. The minimum absolute atomic E-state index is 0.0697.